The number of anilines is 2. The van der Waals surface area contributed by atoms with Gasteiger partial charge in [-0.15, -0.1) is 0 Å². The molecule has 25 heavy (non-hydrogen) atoms. The molecule has 0 spiro atoms. The minimum absolute atomic E-state index is 0.0701. The summed E-state index contributed by atoms with van der Waals surface area (Å²) in [5, 5.41) is 9.89. The highest BCUT2D eigenvalue weighted by atomic mass is 16.3. The summed E-state index contributed by atoms with van der Waals surface area (Å²) >= 11 is 0. The first-order chi connectivity index (χ1) is 11.9. The maximum atomic E-state index is 12.7. The zero-order chi connectivity index (χ0) is 18.1. The first-order valence-corrected chi connectivity index (χ1v) is 8.06. The fraction of sp³-hybridized carbons (Fsp3) is 0.412. The van der Waals surface area contributed by atoms with E-state index in [4.69, 9.17) is 0 Å². The van der Waals surface area contributed by atoms with Crippen molar-refractivity contribution >= 4 is 17.7 Å². The van der Waals surface area contributed by atoms with Crippen LogP contribution in [0.15, 0.2) is 18.3 Å². The molecule has 132 valence electrons. The first-order valence-electron chi connectivity index (χ1n) is 8.06. The number of nitrogens with zero attached hydrogens (tertiary/aromatic N) is 6. The van der Waals surface area contributed by atoms with E-state index in [1.807, 2.05) is 38.0 Å². The molecule has 1 aliphatic heterocycles. The van der Waals surface area contributed by atoms with Gasteiger partial charge in [-0.05, 0) is 18.6 Å². The van der Waals surface area contributed by atoms with Crippen LogP contribution in [0.4, 0.5) is 11.8 Å². The second-order valence-electron chi connectivity index (χ2n) is 6.41. The molecular weight excluding hydrogens is 320 g/mol. The molecule has 1 amide bonds. The van der Waals surface area contributed by atoms with Crippen molar-refractivity contribution in [2.45, 2.75) is 13.0 Å². The van der Waals surface area contributed by atoms with Crippen LogP contribution in [-0.4, -0.2) is 65.6 Å². The van der Waals surface area contributed by atoms with Crippen LogP contribution in [0.2, 0.25) is 0 Å². The number of aromatic hydroxyl groups is 1. The van der Waals surface area contributed by atoms with Crippen LogP contribution < -0.4 is 9.80 Å². The third-order valence-electron chi connectivity index (χ3n) is 4.13. The lowest BCUT2D eigenvalue weighted by Crippen LogP contribution is -2.38. The second-order valence-corrected chi connectivity index (χ2v) is 6.41. The molecule has 0 bridgehead atoms. The summed E-state index contributed by atoms with van der Waals surface area (Å²) in [5.41, 5.74) is 1.96. The number of fused-ring (bicyclic) bond motifs is 1. The van der Waals surface area contributed by atoms with Gasteiger partial charge in [0.2, 0.25) is 5.95 Å². The van der Waals surface area contributed by atoms with Crippen molar-refractivity contribution in [3.8, 4) is 5.75 Å². The molecule has 1 aliphatic rings. The summed E-state index contributed by atoms with van der Waals surface area (Å²) < 4.78 is 0. The van der Waals surface area contributed by atoms with Crippen LogP contribution in [0, 0.1) is 0 Å². The Bertz CT molecular complexity index is 806. The second kappa shape index (κ2) is 6.54. The minimum Gasteiger partial charge on any atom is -0.505 e. The van der Waals surface area contributed by atoms with Gasteiger partial charge in [0.25, 0.3) is 5.91 Å². The Hall–Kier alpha value is -2.90. The molecule has 8 heteroatoms. The average molecular weight is 342 g/mol. The third-order valence-corrected chi connectivity index (χ3v) is 4.13. The Morgan fingerprint density at radius 3 is 2.60 bits per heavy atom. The van der Waals surface area contributed by atoms with Crippen LogP contribution >= 0.6 is 0 Å². The zero-order valence-corrected chi connectivity index (χ0v) is 14.9. The third kappa shape index (κ3) is 3.19. The Labute approximate surface area is 146 Å². The Kier molecular flexibility index (Phi) is 4.43. The standard InChI is InChI=1S/C17H22N6O2/c1-21(2)15-11-7-9-23(10-12(11)19-17(20-15)22(3)4)16(25)14-13(24)6-5-8-18-14/h5-6,8,24H,7,9-10H2,1-4H3. The summed E-state index contributed by atoms with van der Waals surface area (Å²) in [6, 6.07) is 3.06. The summed E-state index contributed by atoms with van der Waals surface area (Å²) in [4.78, 5) is 31.4. The van der Waals surface area contributed by atoms with Crippen LogP contribution in [0.5, 0.6) is 5.75 Å². The Balaban J connectivity index is 1.95. The van der Waals surface area contributed by atoms with Gasteiger partial charge in [0, 0.05) is 46.5 Å². The van der Waals surface area contributed by atoms with Crippen molar-refractivity contribution < 1.29 is 9.90 Å². The largest absolute Gasteiger partial charge is 0.505 e. The fourth-order valence-corrected chi connectivity index (χ4v) is 2.85. The Morgan fingerprint density at radius 1 is 1.20 bits per heavy atom. The highest BCUT2D eigenvalue weighted by Gasteiger charge is 2.28. The van der Waals surface area contributed by atoms with E-state index in [2.05, 4.69) is 15.0 Å². The van der Waals surface area contributed by atoms with Gasteiger partial charge >= 0.3 is 0 Å². The van der Waals surface area contributed by atoms with E-state index in [0.29, 0.717) is 25.5 Å². The van der Waals surface area contributed by atoms with E-state index >= 15 is 0 Å². The normalized spacial score (nSPS) is 13.4. The molecule has 8 nitrogen and oxygen atoms in total. The molecule has 0 aromatic carbocycles. The van der Waals surface area contributed by atoms with Crippen LogP contribution in [0.3, 0.4) is 0 Å². The summed E-state index contributed by atoms with van der Waals surface area (Å²) in [7, 11) is 7.68. The first kappa shape index (κ1) is 16.9. The van der Waals surface area contributed by atoms with Crippen molar-refractivity contribution in [3.05, 3.63) is 35.3 Å². The number of hydrogen-bond acceptors (Lipinski definition) is 7. The van der Waals surface area contributed by atoms with Crippen LogP contribution in [0.25, 0.3) is 0 Å². The molecule has 0 radical (unpaired) electrons. The molecule has 1 N–H and O–H groups in total. The number of carbonyl (C=O) groups is 1. The molecule has 2 aromatic heterocycles. The van der Waals surface area contributed by atoms with Crippen molar-refractivity contribution in [2.24, 2.45) is 0 Å². The molecule has 3 heterocycles. The number of hydrogen-bond donors (Lipinski definition) is 1. The lowest BCUT2D eigenvalue weighted by molar-refractivity contribution is 0.0722. The van der Waals surface area contributed by atoms with Gasteiger partial charge in [0.15, 0.2) is 5.69 Å². The molecule has 3 rings (SSSR count). The molecular formula is C17H22N6O2. The van der Waals surface area contributed by atoms with E-state index in [-0.39, 0.29) is 17.4 Å². The highest BCUT2D eigenvalue weighted by molar-refractivity contribution is 5.94. The SMILES string of the molecule is CN(C)c1nc2c(c(N(C)C)n1)CCN(C(=O)c1ncccc1O)C2. The number of aromatic nitrogens is 3. The molecule has 0 atom stereocenters. The van der Waals surface area contributed by atoms with Crippen molar-refractivity contribution in [1.29, 1.82) is 0 Å². The van der Waals surface area contributed by atoms with E-state index in [1.54, 1.807) is 11.0 Å². The van der Waals surface area contributed by atoms with E-state index < -0.39 is 0 Å². The zero-order valence-electron chi connectivity index (χ0n) is 14.9. The lowest BCUT2D eigenvalue weighted by Gasteiger charge is -2.31. The van der Waals surface area contributed by atoms with Gasteiger partial charge in [-0.25, -0.2) is 9.97 Å². The predicted molar refractivity (Wildman–Crippen MR) is 95.0 cm³/mol. The van der Waals surface area contributed by atoms with Gasteiger partial charge < -0.3 is 19.8 Å². The molecule has 0 aliphatic carbocycles. The molecule has 0 unspecified atom stereocenters. The van der Waals surface area contributed by atoms with Crippen molar-refractivity contribution in [3.63, 3.8) is 0 Å². The Morgan fingerprint density at radius 2 is 1.96 bits per heavy atom. The van der Waals surface area contributed by atoms with Crippen LogP contribution in [-0.2, 0) is 13.0 Å². The average Bonchev–Trinajstić information content (AvgIpc) is 2.59. The van der Waals surface area contributed by atoms with Gasteiger partial charge in [-0.2, -0.15) is 4.98 Å². The van der Waals surface area contributed by atoms with Gasteiger partial charge in [0.1, 0.15) is 11.6 Å². The van der Waals surface area contributed by atoms with Gasteiger partial charge in [-0.1, -0.05) is 0 Å². The monoisotopic (exact) mass is 342 g/mol. The van der Waals surface area contributed by atoms with Crippen LogP contribution in [0.1, 0.15) is 21.7 Å². The maximum absolute atomic E-state index is 12.7. The summed E-state index contributed by atoms with van der Waals surface area (Å²) in [5.74, 6) is 1.09. The number of pyridine rings is 1. The van der Waals surface area contributed by atoms with E-state index in [1.165, 1.54) is 12.3 Å². The summed E-state index contributed by atoms with van der Waals surface area (Å²) in [6.07, 6.45) is 2.16. The number of rotatable bonds is 3. The van der Waals surface area contributed by atoms with E-state index in [9.17, 15) is 9.90 Å². The highest BCUT2D eigenvalue weighted by Crippen LogP contribution is 2.28. The van der Waals surface area contributed by atoms with Crippen molar-refractivity contribution in [1.82, 2.24) is 19.9 Å². The molecule has 2 aromatic rings. The van der Waals surface area contributed by atoms with E-state index in [0.717, 1.165) is 17.1 Å². The summed E-state index contributed by atoms with van der Waals surface area (Å²) in [6.45, 7) is 0.905. The number of amides is 1. The minimum atomic E-state index is -0.292. The van der Waals surface area contributed by atoms with Crippen molar-refractivity contribution in [2.75, 3.05) is 44.5 Å². The smallest absolute Gasteiger partial charge is 0.276 e. The fourth-order valence-electron chi connectivity index (χ4n) is 2.85. The molecule has 0 fully saturated rings. The predicted octanol–water partition coefficient (Wildman–Crippen LogP) is 0.908. The van der Waals surface area contributed by atoms with Gasteiger partial charge in [0.05, 0.1) is 12.2 Å². The molecule has 0 saturated heterocycles. The molecule has 0 saturated carbocycles. The number of carbonyl (C=O) groups excluding carboxylic acids is 1. The lowest BCUT2D eigenvalue weighted by atomic mass is 10.0. The maximum Gasteiger partial charge on any atom is 0.276 e. The van der Waals surface area contributed by atoms with Gasteiger partial charge in [-0.3, -0.25) is 4.79 Å². The topological polar surface area (TPSA) is 85.7 Å². The quantitative estimate of drug-likeness (QED) is 0.887.